The van der Waals surface area contributed by atoms with E-state index in [4.69, 9.17) is 21.7 Å². The average Bonchev–Trinajstić information content (AvgIpc) is 2.72. The molecule has 0 bridgehead atoms. The lowest BCUT2D eigenvalue weighted by molar-refractivity contribution is 0.196. The fourth-order valence-corrected chi connectivity index (χ4v) is 3.29. The number of nitrogens with one attached hydrogen (secondary N) is 2. The Balaban J connectivity index is 1.74. The quantitative estimate of drug-likeness (QED) is 0.498. The van der Waals surface area contributed by atoms with Crippen molar-refractivity contribution < 1.29 is 9.47 Å². The van der Waals surface area contributed by atoms with Crippen LogP contribution in [0.4, 0.5) is 11.8 Å². The van der Waals surface area contributed by atoms with E-state index in [1.807, 2.05) is 36.4 Å². The van der Waals surface area contributed by atoms with Gasteiger partial charge in [0.25, 0.3) is 0 Å². The minimum absolute atomic E-state index is 0.427. The number of thiocarbonyl (C=S) groups is 1. The Morgan fingerprint density at radius 3 is 2.69 bits per heavy atom. The second-order valence-electron chi connectivity index (χ2n) is 7.20. The van der Waals surface area contributed by atoms with Crippen molar-refractivity contribution in [3.8, 4) is 11.6 Å². The zero-order valence-electron chi connectivity index (χ0n) is 17.1. The summed E-state index contributed by atoms with van der Waals surface area (Å²) in [6, 6.07) is 11.5. The first-order valence-corrected chi connectivity index (χ1v) is 10.5. The normalized spacial score (nSPS) is 14.5. The maximum absolute atomic E-state index is 5.97. The molecule has 8 heteroatoms. The van der Waals surface area contributed by atoms with Gasteiger partial charge in [-0.3, -0.25) is 0 Å². The van der Waals surface area contributed by atoms with Crippen molar-refractivity contribution in [2.75, 3.05) is 43.6 Å². The maximum atomic E-state index is 5.97. The predicted octanol–water partition coefficient (Wildman–Crippen LogP) is 3.83. The highest BCUT2D eigenvalue weighted by molar-refractivity contribution is 7.80. The van der Waals surface area contributed by atoms with Gasteiger partial charge in [0, 0.05) is 39.4 Å². The van der Waals surface area contributed by atoms with Crippen LogP contribution >= 0.6 is 12.2 Å². The number of para-hydroxylation sites is 1. The molecule has 156 valence electrons. The van der Waals surface area contributed by atoms with Crippen molar-refractivity contribution in [1.82, 2.24) is 15.3 Å². The minimum atomic E-state index is 0.427. The molecule has 2 N–H and O–H groups in total. The number of anilines is 2. The summed E-state index contributed by atoms with van der Waals surface area (Å²) in [5.74, 6) is 3.24. The summed E-state index contributed by atoms with van der Waals surface area (Å²) in [4.78, 5) is 11.5. The molecule has 1 saturated heterocycles. The second kappa shape index (κ2) is 10.9. The van der Waals surface area contributed by atoms with Crippen LogP contribution in [0, 0.1) is 5.92 Å². The van der Waals surface area contributed by atoms with Crippen LogP contribution in [0.5, 0.6) is 11.6 Å². The Morgan fingerprint density at radius 2 is 1.97 bits per heavy atom. The highest BCUT2D eigenvalue weighted by Gasteiger charge is 2.19. The number of hydrogen-bond acceptors (Lipinski definition) is 6. The molecule has 2 heterocycles. The molecule has 29 heavy (non-hydrogen) atoms. The molecular formula is C21H29N5O2S. The van der Waals surface area contributed by atoms with Crippen LogP contribution in [0.15, 0.2) is 36.4 Å². The monoisotopic (exact) mass is 415 g/mol. The number of methoxy groups -OCH3 is 1. The first-order valence-electron chi connectivity index (χ1n) is 10.0. The molecule has 1 aliphatic heterocycles. The first-order chi connectivity index (χ1) is 14.1. The Labute approximate surface area is 177 Å². The van der Waals surface area contributed by atoms with Crippen LogP contribution < -0.4 is 20.3 Å². The van der Waals surface area contributed by atoms with Gasteiger partial charge < -0.3 is 25.0 Å². The third kappa shape index (κ3) is 6.83. The van der Waals surface area contributed by atoms with Gasteiger partial charge in [-0.15, -0.1) is 0 Å². The topological polar surface area (TPSA) is 71.5 Å². The van der Waals surface area contributed by atoms with Crippen molar-refractivity contribution in [3.05, 3.63) is 36.4 Å². The molecule has 0 amide bonds. The summed E-state index contributed by atoms with van der Waals surface area (Å²) in [6.45, 7) is 5.65. The van der Waals surface area contributed by atoms with E-state index in [2.05, 4.69) is 32.4 Å². The van der Waals surface area contributed by atoms with Gasteiger partial charge in [0.2, 0.25) is 11.8 Å². The van der Waals surface area contributed by atoms with Gasteiger partial charge in [-0.2, -0.15) is 9.97 Å². The average molecular weight is 416 g/mol. The highest BCUT2D eigenvalue weighted by atomic mass is 32.1. The van der Waals surface area contributed by atoms with Gasteiger partial charge in [-0.25, -0.2) is 0 Å². The Bertz CT molecular complexity index is 782. The second-order valence-corrected chi connectivity index (χ2v) is 7.61. The predicted molar refractivity (Wildman–Crippen MR) is 120 cm³/mol. The smallest absolute Gasteiger partial charge is 0.234 e. The van der Waals surface area contributed by atoms with E-state index in [9.17, 15) is 0 Å². The standard InChI is InChI=1S/C21H29N5O2S/c1-16-9-12-26(13-10-16)18-15-19(28-17-7-4-3-5-8-17)24-20(23-18)25-21(29)22-11-6-14-27-2/h3-5,7-8,15-16H,6,9-14H2,1-2H3,(H2,22,23,24,25,29). The van der Waals surface area contributed by atoms with Crippen molar-refractivity contribution in [2.45, 2.75) is 26.2 Å². The van der Waals surface area contributed by atoms with E-state index in [1.165, 1.54) is 0 Å². The number of benzene rings is 1. The van der Waals surface area contributed by atoms with Crippen LogP contribution in [0.1, 0.15) is 26.2 Å². The molecule has 1 aliphatic rings. The molecule has 1 aromatic heterocycles. The molecule has 0 aliphatic carbocycles. The molecule has 1 aromatic carbocycles. The van der Waals surface area contributed by atoms with Gasteiger partial charge in [-0.1, -0.05) is 25.1 Å². The van der Waals surface area contributed by atoms with Crippen LogP contribution in [0.2, 0.25) is 0 Å². The zero-order chi connectivity index (χ0) is 20.5. The van der Waals surface area contributed by atoms with Crippen LogP contribution in [-0.2, 0) is 4.74 Å². The lowest BCUT2D eigenvalue weighted by atomic mass is 9.99. The molecule has 0 spiro atoms. The van der Waals surface area contributed by atoms with Crippen molar-refractivity contribution >= 4 is 29.1 Å². The van der Waals surface area contributed by atoms with Crippen LogP contribution in [-0.4, -0.2) is 48.4 Å². The lowest BCUT2D eigenvalue weighted by Gasteiger charge is -2.31. The molecule has 1 fully saturated rings. The van der Waals surface area contributed by atoms with E-state index >= 15 is 0 Å². The van der Waals surface area contributed by atoms with E-state index < -0.39 is 0 Å². The fraction of sp³-hybridized carbons (Fsp3) is 0.476. The Kier molecular flexibility index (Phi) is 8.01. The van der Waals surface area contributed by atoms with E-state index in [0.29, 0.717) is 23.5 Å². The molecule has 7 nitrogen and oxygen atoms in total. The molecule has 3 rings (SSSR count). The molecule has 2 aromatic rings. The number of nitrogens with zero attached hydrogens (tertiary/aromatic N) is 3. The largest absolute Gasteiger partial charge is 0.439 e. The first kappa shape index (κ1) is 21.3. The maximum Gasteiger partial charge on any atom is 0.234 e. The van der Waals surface area contributed by atoms with Crippen molar-refractivity contribution in [3.63, 3.8) is 0 Å². The summed E-state index contributed by atoms with van der Waals surface area (Å²) in [5.41, 5.74) is 0. The van der Waals surface area contributed by atoms with Crippen molar-refractivity contribution in [1.29, 1.82) is 0 Å². The lowest BCUT2D eigenvalue weighted by Crippen LogP contribution is -2.34. The van der Waals surface area contributed by atoms with Gasteiger partial charge in [0.1, 0.15) is 11.6 Å². The summed E-state index contributed by atoms with van der Waals surface area (Å²) in [7, 11) is 1.69. The third-order valence-electron chi connectivity index (χ3n) is 4.80. The number of aromatic nitrogens is 2. The van der Waals surface area contributed by atoms with Crippen LogP contribution in [0.3, 0.4) is 0 Å². The molecule has 0 atom stereocenters. The molecule has 0 saturated carbocycles. The zero-order valence-corrected chi connectivity index (χ0v) is 17.9. The Hall–Kier alpha value is -2.45. The SMILES string of the molecule is COCCCNC(=S)Nc1nc(Oc2ccccc2)cc(N2CCC(C)CC2)n1. The van der Waals surface area contributed by atoms with Crippen LogP contribution in [0.25, 0.3) is 0 Å². The fourth-order valence-electron chi connectivity index (χ4n) is 3.09. The molecular weight excluding hydrogens is 386 g/mol. The Morgan fingerprint density at radius 1 is 1.21 bits per heavy atom. The number of ether oxygens (including phenoxy) is 2. The summed E-state index contributed by atoms with van der Waals surface area (Å²) in [5, 5.41) is 6.71. The summed E-state index contributed by atoms with van der Waals surface area (Å²) in [6.07, 6.45) is 3.18. The van der Waals surface area contributed by atoms with Gasteiger partial charge in [0.15, 0.2) is 5.11 Å². The highest BCUT2D eigenvalue weighted by Crippen LogP contribution is 2.27. The van der Waals surface area contributed by atoms with Crippen molar-refractivity contribution in [2.24, 2.45) is 5.92 Å². The van der Waals surface area contributed by atoms with Gasteiger partial charge in [0.05, 0.1) is 0 Å². The van der Waals surface area contributed by atoms with Gasteiger partial charge in [-0.05, 0) is 49.5 Å². The third-order valence-corrected chi connectivity index (χ3v) is 5.04. The molecule has 0 unspecified atom stereocenters. The minimum Gasteiger partial charge on any atom is -0.439 e. The van der Waals surface area contributed by atoms with E-state index in [-0.39, 0.29) is 0 Å². The van der Waals surface area contributed by atoms with Gasteiger partial charge >= 0.3 is 0 Å². The summed E-state index contributed by atoms with van der Waals surface area (Å²) >= 11 is 5.38. The number of rotatable bonds is 8. The number of piperidine rings is 1. The number of hydrogen-bond donors (Lipinski definition) is 2. The van der Waals surface area contributed by atoms with E-state index in [0.717, 1.165) is 56.4 Å². The molecule has 0 radical (unpaired) electrons. The summed E-state index contributed by atoms with van der Waals surface area (Å²) < 4.78 is 11.0. The van der Waals surface area contributed by atoms with E-state index in [1.54, 1.807) is 7.11 Å².